The van der Waals surface area contributed by atoms with Crippen LogP contribution in [0.1, 0.15) is 16.9 Å². The molecule has 2 heterocycles. The Morgan fingerprint density at radius 3 is 2.79 bits per heavy atom. The van der Waals surface area contributed by atoms with Gasteiger partial charge in [0, 0.05) is 19.6 Å². The summed E-state index contributed by atoms with van der Waals surface area (Å²) in [5.41, 5.74) is 0.373. The van der Waals surface area contributed by atoms with Crippen LogP contribution in [0.2, 0.25) is 0 Å². The second kappa shape index (κ2) is 7.37. The van der Waals surface area contributed by atoms with Crippen LogP contribution >= 0.6 is 31.9 Å². The van der Waals surface area contributed by atoms with E-state index in [0.29, 0.717) is 21.3 Å². The third-order valence-electron chi connectivity index (χ3n) is 2.92. The highest BCUT2D eigenvalue weighted by Crippen LogP contribution is 2.23. The van der Waals surface area contributed by atoms with Crippen molar-refractivity contribution in [3.8, 4) is 0 Å². The van der Waals surface area contributed by atoms with Crippen molar-refractivity contribution >= 4 is 37.8 Å². The molecule has 0 bridgehead atoms. The van der Waals surface area contributed by atoms with Crippen molar-refractivity contribution in [1.29, 1.82) is 0 Å². The number of carbonyl (C=O) groups is 1. The minimum absolute atomic E-state index is 0.171. The standard InChI is InChI=1S/C11H16Br2N4O2/c12-8-9(15-16-10(8)13)11(18)14-2-1-3-17-4-6-19-7-5-17/h1-7H2,(H,14,18)(H,15,16). The summed E-state index contributed by atoms with van der Waals surface area (Å²) in [6.45, 7) is 5.20. The molecular weight excluding hydrogens is 380 g/mol. The molecule has 0 spiro atoms. The van der Waals surface area contributed by atoms with Crippen LogP contribution in [0.3, 0.4) is 0 Å². The fourth-order valence-corrected chi connectivity index (χ4v) is 2.50. The van der Waals surface area contributed by atoms with Gasteiger partial charge in [0.2, 0.25) is 0 Å². The van der Waals surface area contributed by atoms with E-state index in [-0.39, 0.29) is 5.91 Å². The van der Waals surface area contributed by atoms with E-state index in [1.165, 1.54) is 0 Å². The SMILES string of the molecule is O=C(NCCCN1CCOCC1)c1n[nH]c(Br)c1Br. The van der Waals surface area contributed by atoms with Gasteiger partial charge in [-0.15, -0.1) is 0 Å². The first-order valence-corrected chi connectivity index (χ1v) is 7.74. The molecule has 19 heavy (non-hydrogen) atoms. The number of rotatable bonds is 5. The fourth-order valence-electron chi connectivity index (χ4n) is 1.87. The van der Waals surface area contributed by atoms with E-state index >= 15 is 0 Å². The molecule has 0 radical (unpaired) electrons. The fraction of sp³-hybridized carbons (Fsp3) is 0.636. The molecule has 106 valence electrons. The molecule has 2 N–H and O–H groups in total. The summed E-state index contributed by atoms with van der Waals surface area (Å²) in [7, 11) is 0. The molecular formula is C11H16Br2N4O2. The monoisotopic (exact) mass is 394 g/mol. The summed E-state index contributed by atoms with van der Waals surface area (Å²) in [4.78, 5) is 14.2. The third-order valence-corrected chi connectivity index (χ3v) is 4.80. The smallest absolute Gasteiger partial charge is 0.273 e. The van der Waals surface area contributed by atoms with Gasteiger partial charge >= 0.3 is 0 Å². The largest absolute Gasteiger partial charge is 0.379 e. The lowest BCUT2D eigenvalue weighted by molar-refractivity contribution is 0.0374. The first-order chi connectivity index (χ1) is 9.18. The van der Waals surface area contributed by atoms with Crippen molar-refractivity contribution in [1.82, 2.24) is 20.4 Å². The van der Waals surface area contributed by atoms with E-state index in [1.807, 2.05) is 0 Å². The Kier molecular flexibility index (Phi) is 5.80. The molecule has 1 aromatic rings. The van der Waals surface area contributed by atoms with E-state index in [0.717, 1.165) is 39.3 Å². The van der Waals surface area contributed by atoms with Crippen molar-refractivity contribution in [3.63, 3.8) is 0 Å². The number of aromatic nitrogens is 2. The van der Waals surface area contributed by atoms with Gasteiger partial charge in [-0.25, -0.2) is 0 Å². The summed E-state index contributed by atoms with van der Waals surface area (Å²) in [6.07, 6.45) is 0.926. The van der Waals surface area contributed by atoms with Crippen LogP contribution in [-0.2, 0) is 4.74 Å². The maximum absolute atomic E-state index is 11.9. The van der Waals surface area contributed by atoms with Gasteiger partial charge in [-0.05, 0) is 44.8 Å². The van der Waals surface area contributed by atoms with Gasteiger partial charge < -0.3 is 10.1 Å². The van der Waals surface area contributed by atoms with Gasteiger partial charge in [0.1, 0.15) is 4.60 Å². The summed E-state index contributed by atoms with van der Waals surface area (Å²) >= 11 is 6.55. The summed E-state index contributed by atoms with van der Waals surface area (Å²) in [5, 5.41) is 9.49. The number of nitrogens with one attached hydrogen (secondary N) is 2. The average molecular weight is 396 g/mol. The lowest BCUT2D eigenvalue weighted by Gasteiger charge is -2.26. The molecule has 0 aliphatic carbocycles. The van der Waals surface area contributed by atoms with Crippen LogP contribution in [0.15, 0.2) is 9.08 Å². The Balaban J connectivity index is 1.68. The minimum Gasteiger partial charge on any atom is -0.379 e. The number of H-pyrrole nitrogens is 1. The number of nitrogens with zero attached hydrogens (tertiary/aromatic N) is 2. The maximum atomic E-state index is 11.9. The van der Waals surface area contributed by atoms with Gasteiger partial charge in [-0.1, -0.05) is 0 Å². The van der Waals surface area contributed by atoms with Crippen LogP contribution in [0, 0.1) is 0 Å². The minimum atomic E-state index is -0.171. The summed E-state index contributed by atoms with van der Waals surface area (Å²) < 4.78 is 6.61. The molecule has 0 atom stereocenters. The molecule has 1 aliphatic rings. The molecule has 8 heteroatoms. The van der Waals surface area contributed by atoms with Crippen LogP contribution in [0.5, 0.6) is 0 Å². The van der Waals surface area contributed by atoms with Crippen LogP contribution in [0.4, 0.5) is 0 Å². The molecule has 1 aliphatic heterocycles. The van der Waals surface area contributed by atoms with E-state index in [4.69, 9.17) is 4.74 Å². The second-order valence-corrected chi connectivity index (χ2v) is 5.85. The highest BCUT2D eigenvalue weighted by Gasteiger charge is 2.16. The maximum Gasteiger partial charge on any atom is 0.273 e. The van der Waals surface area contributed by atoms with Crippen molar-refractivity contribution in [2.45, 2.75) is 6.42 Å². The quantitative estimate of drug-likeness (QED) is 0.739. The third kappa shape index (κ3) is 4.27. The predicted molar refractivity (Wildman–Crippen MR) is 78.2 cm³/mol. The molecule has 1 saturated heterocycles. The highest BCUT2D eigenvalue weighted by atomic mass is 79.9. The number of ether oxygens (including phenoxy) is 1. The van der Waals surface area contributed by atoms with Gasteiger partial charge in [0.15, 0.2) is 5.69 Å². The lowest BCUT2D eigenvalue weighted by atomic mass is 10.3. The van der Waals surface area contributed by atoms with Crippen molar-refractivity contribution < 1.29 is 9.53 Å². The van der Waals surface area contributed by atoms with Crippen molar-refractivity contribution in [2.75, 3.05) is 39.4 Å². The van der Waals surface area contributed by atoms with Crippen molar-refractivity contribution in [2.24, 2.45) is 0 Å². The Bertz CT molecular complexity index is 432. The molecule has 0 saturated carbocycles. The number of amides is 1. The molecule has 0 unspecified atom stereocenters. The molecule has 0 aromatic carbocycles. The zero-order chi connectivity index (χ0) is 13.7. The highest BCUT2D eigenvalue weighted by molar-refractivity contribution is 9.13. The number of morpholine rings is 1. The zero-order valence-electron chi connectivity index (χ0n) is 10.4. The second-order valence-electron chi connectivity index (χ2n) is 4.26. The first-order valence-electron chi connectivity index (χ1n) is 6.16. The van der Waals surface area contributed by atoms with Gasteiger partial charge in [-0.3, -0.25) is 14.8 Å². The number of aromatic amines is 1. The first kappa shape index (κ1) is 15.0. The van der Waals surface area contributed by atoms with E-state index in [9.17, 15) is 4.79 Å². The molecule has 1 amide bonds. The Hall–Kier alpha value is -0.440. The summed E-state index contributed by atoms with van der Waals surface area (Å²) in [6, 6.07) is 0. The molecule has 1 aromatic heterocycles. The molecule has 6 nitrogen and oxygen atoms in total. The van der Waals surface area contributed by atoms with E-state index in [1.54, 1.807) is 0 Å². The van der Waals surface area contributed by atoms with Crippen LogP contribution in [0.25, 0.3) is 0 Å². The van der Waals surface area contributed by atoms with E-state index in [2.05, 4.69) is 52.3 Å². The number of carbonyl (C=O) groups excluding carboxylic acids is 1. The number of halogens is 2. The van der Waals surface area contributed by atoms with Gasteiger partial charge in [-0.2, -0.15) is 5.10 Å². The topological polar surface area (TPSA) is 70.2 Å². The zero-order valence-corrected chi connectivity index (χ0v) is 13.6. The van der Waals surface area contributed by atoms with E-state index < -0.39 is 0 Å². The predicted octanol–water partition coefficient (Wildman–Crippen LogP) is 1.39. The van der Waals surface area contributed by atoms with Crippen LogP contribution < -0.4 is 5.32 Å². The molecule has 2 rings (SSSR count). The number of hydrogen-bond donors (Lipinski definition) is 2. The van der Waals surface area contributed by atoms with Gasteiger partial charge in [0.25, 0.3) is 5.91 Å². The summed E-state index contributed by atoms with van der Waals surface area (Å²) in [5.74, 6) is -0.171. The lowest BCUT2D eigenvalue weighted by Crippen LogP contribution is -2.38. The Labute approximate surface area is 128 Å². The molecule has 1 fully saturated rings. The number of hydrogen-bond acceptors (Lipinski definition) is 4. The Morgan fingerprint density at radius 2 is 2.16 bits per heavy atom. The average Bonchev–Trinajstić information content (AvgIpc) is 2.76. The Morgan fingerprint density at radius 1 is 1.42 bits per heavy atom. The van der Waals surface area contributed by atoms with Crippen molar-refractivity contribution in [3.05, 3.63) is 14.8 Å². The van der Waals surface area contributed by atoms with Gasteiger partial charge in [0.05, 0.1) is 17.7 Å². The van der Waals surface area contributed by atoms with Crippen LogP contribution in [-0.4, -0.2) is 60.4 Å². The normalized spacial score (nSPS) is 16.5.